The van der Waals surface area contributed by atoms with E-state index in [0.717, 1.165) is 25.2 Å². The van der Waals surface area contributed by atoms with Gasteiger partial charge in [0.05, 0.1) is 19.6 Å². The number of carbonyl (C=O) groups excluding carboxylic acids is 2. The molecule has 1 aliphatic heterocycles. The molecule has 1 aromatic carbocycles. The molecule has 0 aliphatic carbocycles. The number of nitrogens with one attached hydrogen (secondary N) is 2. The van der Waals surface area contributed by atoms with Crippen molar-refractivity contribution in [2.75, 3.05) is 39.4 Å². The number of morpholine rings is 1. The molecule has 3 rings (SSSR count). The fraction of sp³-hybridized carbons (Fsp3) is 0.444. The second-order valence-electron chi connectivity index (χ2n) is 6.16. The van der Waals surface area contributed by atoms with Crippen LogP contribution in [0.25, 0.3) is 0 Å². The summed E-state index contributed by atoms with van der Waals surface area (Å²) in [7, 11) is 0. The fourth-order valence-corrected chi connectivity index (χ4v) is 2.65. The summed E-state index contributed by atoms with van der Waals surface area (Å²) < 4.78 is 10.2. The Kier molecular flexibility index (Phi) is 6.89. The van der Waals surface area contributed by atoms with Gasteiger partial charge in [-0.2, -0.15) is 4.98 Å². The van der Waals surface area contributed by atoms with Crippen molar-refractivity contribution in [1.29, 1.82) is 0 Å². The van der Waals surface area contributed by atoms with Crippen LogP contribution >= 0.6 is 0 Å². The summed E-state index contributed by atoms with van der Waals surface area (Å²) in [6.45, 7) is 4.79. The minimum Gasteiger partial charge on any atom is -0.379 e. The van der Waals surface area contributed by atoms with Crippen LogP contribution in [-0.4, -0.2) is 66.2 Å². The van der Waals surface area contributed by atoms with Crippen molar-refractivity contribution in [2.45, 2.75) is 13.0 Å². The average molecular weight is 373 g/mol. The molecule has 0 atom stereocenters. The predicted molar refractivity (Wildman–Crippen MR) is 95.9 cm³/mol. The summed E-state index contributed by atoms with van der Waals surface area (Å²) in [5.41, 5.74) is 0.999. The third-order valence-electron chi connectivity index (χ3n) is 4.13. The van der Waals surface area contributed by atoms with Crippen molar-refractivity contribution < 1.29 is 18.8 Å². The summed E-state index contributed by atoms with van der Waals surface area (Å²) in [6.07, 6.45) is -0.0443. The fourth-order valence-electron chi connectivity index (χ4n) is 2.65. The van der Waals surface area contributed by atoms with Gasteiger partial charge in [-0.3, -0.25) is 14.5 Å². The normalized spacial score (nSPS) is 14.7. The highest BCUT2D eigenvalue weighted by atomic mass is 16.5. The summed E-state index contributed by atoms with van der Waals surface area (Å²) >= 11 is 0. The van der Waals surface area contributed by atoms with Crippen LogP contribution in [0.2, 0.25) is 0 Å². The van der Waals surface area contributed by atoms with Crippen LogP contribution in [0.3, 0.4) is 0 Å². The topological polar surface area (TPSA) is 110 Å². The molecule has 2 aromatic rings. The molecule has 144 valence electrons. The standard InChI is InChI=1S/C18H23N5O4/c24-16(20-13-14-4-2-1-3-5-14)12-15-21-18(27-22-15)17(25)19-6-7-23-8-10-26-11-9-23/h1-5H,6-13H2,(H,19,25)(H,20,24). The van der Waals surface area contributed by atoms with Crippen LogP contribution in [0, 0.1) is 0 Å². The van der Waals surface area contributed by atoms with E-state index in [4.69, 9.17) is 9.26 Å². The zero-order valence-electron chi connectivity index (χ0n) is 15.0. The number of nitrogens with zero attached hydrogens (tertiary/aromatic N) is 3. The molecule has 2 heterocycles. The second kappa shape index (κ2) is 9.79. The Morgan fingerprint density at radius 1 is 1.11 bits per heavy atom. The van der Waals surface area contributed by atoms with Crippen molar-refractivity contribution in [1.82, 2.24) is 25.7 Å². The van der Waals surface area contributed by atoms with Crippen LogP contribution < -0.4 is 10.6 Å². The number of carbonyl (C=O) groups is 2. The number of hydrogen-bond acceptors (Lipinski definition) is 7. The second-order valence-corrected chi connectivity index (χ2v) is 6.16. The molecule has 0 spiro atoms. The Balaban J connectivity index is 1.39. The Labute approximate surface area is 157 Å². The SMILES string of the molecule is O=C(Cc1noc(C(=O)NCCN2CCOCC2)n1)NCc1ccccc1. The summed E-state index contributed by atoms with van der Waals surface area (Å²) in [5.74, 6) is -0.632. The van der Waals surface area contributed by atoms with Gasteiger partial charge in [0.1, 0.15) is 0 Å². The molecule has 0 bridgehead atoms. The van der Waals surface area contributed by atoms with E-state index < -0.39 is 5.91 Å². The Bertz CT molecular complexity index is 743. The Morgan fingerprint density at radius 3 is 2.67 bits per heavy atom. The third kappa shape index (κ3) is 6.15. The summed E-state index contributed by atoms with van der Waals surface area (Å²) in [5, 5.41) is 9.22. The van der Waals surface area contributed by atoms with E-state index in [1.54, 1.807) is 0 Å². The smallest absolute Gasteiger partial charge is 0.315 e. The number of aromatic nitrogens is 2. The van der Waals surface area contributed by atoms with Gasteiger partial charge >= 0.3 is 11.8 Å². The Hall–Kier alpha value is -2.78. The van der Waals surface area contributed by atoms with Gasteiger partial charge in [-0.1, -0.05) is 35.5 Å². The van der Waals surface area contributed by atoms with Gasteiger partial charge in [0.2, 0.25) is 5.91 Å². The van der Waals surface area contributed by atoms with Crippen LogP contribution in [0.1, 0.15) is 22.1 Å². The van der Waals surface area contributed by atoms with E-state index in [2.05, 4.69) is 25.7 Å². The van der Waals surface area contributed by atoms with Gasteiger partial charge in [-0.15, -0.1) is 0 Å². The lowest BCUT2D eigenvalue weighted by Crippen LogP contribution is -2.41. The van der Waals surface area contributed by atoms with Gasteiger partial charge in [0.15, 0.2) is 5.82 Å². The van der Waals surface area contributed by atoms with Gasteiger partial charge in [0.25, 0.3) is 0 Å². The van der Waals surface area contributed by atoms with Crippen LogP contribution in [0.5, 0.6) is 0 Å². The predicted octanol–water partition coefficient (Wildman–Crippen LogP) is -0.00950. The van der Waals surface area contributed by atoms with E-state index in [-0.39, 0.29) is 24.0 Å². The highest BCUT2D eigenvalue weighted by molar-refractivity contribution is 5.89. The summed E-state index contributed by atoms with van der Waals surface area (Å²) in [4.78, 5) is 30.2. The highest BCUT2D eigenvalue weighted by Crippen LogP contribution is 2.01. The molecule has 2 N–H and O–H groups in total. The minimum absolute atomic E-state index is 0.0443. The molecule has 0 radical (unpaired) electrons. The van der Waals surface area contributed by atoms with E-state index in [1.807, 2.05) is 30.3 Å². The van der Waals surface area contributed by atoms with Crippen molar-refractivity contribution in [3.05, 3.63) is 47.6 Å². The van der Waals surface area contributed by atoms with E-state index >= 15 is 0 Å². The Morgan fingerprint density at radius 2 is 1.89 bits per heavy atom. The molecule has 0 unspecified atom stereocenters. The van der Waals surface area contributed by atoms with Crippen molar-refractivity contribution in [2.24, 2.45) is 0 Å². The lowest BCUT2D eigenvalue weighted by atomic mass is 10.2. The van der Waals surface area contributed by atoms with Gasteiger partial charge in [-0.25, -0.2) is 0 Å². The van der Waals surface area contributed by atoms with Crippen molar-refractivity contribution >= 4 is 11.8 Å². The van der Waals surface area contributed by atoms with E-state index in [0.29, 0.717) is 26.3 Å². The number of amides is 2. The van der Waals surface area contributed by atoms with Crippen LogP contribution in [-0.2, 0) is 22.5 Å². The zero-order valence-corrected chi connectivity index (χ0v) is 15.0. The molecule has 1 fully saturated rings. The number of hydrogen-bond donors (Lipinski definition) is 2. The van der Waals surface area contributed by atoms with Gasteiger partial charge in [-0.05, 0) is 5.56 Å². The first-order chi connectivity index (χ1) is 13.2. The van der Waals surface area contributed by atoms with Crippen LogP contribution in [0.15, 0.2) is 34.9 Å². The molecule has 1 saturated heterocycles. The highest BCUT2D eigenvalue weighted by Gasteiger charge is 2.17. The van der Waals surface area contributed by atoms with Crippen molar-refractivity contribution in [3.8, 4) is 0 Å². The average Bonchev–Trinajstić information content (AvgIpc) is 3.16. The van der Waals surface area contributed by atoms with E-state index in [9.17, 15) is 9.59 Å². The van der Waals surface area contributed by atoms with Crippen LogP contribution in [0.4, 0.5) is 0 Å². The molecule has 27 heavy (non-hydrogen) atoms. The minimum atomic E-state index is -0.438. The summed E-state index contributed by atoms with van der Waals surface area (Å²) in [6, 6.07) is 9.58. The first kappa shape index (κ1) is 19.0. The molecule has 9 nitrogen and oxygen atoms in total. The first-order valence-electron chi connectivity index (χ1n) is 8.92. The number of rotatable bonds is 8. The maximum atomic E-state index is 12.0. The maximum absolute atomic E-state index is 12.0. The maximum Gasteiger partial charge on any atom is 0.315 e. The molecule has 0 saturated carbocycles. The molecule has 1 aliphatic rings. The zero-order chi connectivity index (χ0) is 18.9. The molecule has 9 heteroatoms. The molecule has 1 aromatic heterocycles. The monoisotopic (exact) mass is 373 g/mol. The molecular weight excluding hydrogens is 350 g/mol. The number of benzene rings is 1. The quantitative estimate of drug-likeness (QED) is 0.670. The third-order valence-corrected chi connectivity index (χ3v) is 4.13. The number of ether oxygens (including phenoxy) is 1. The largest absolute Gasteiger partial charge is 0.379 e. The molecule has 2 amide bonds. The van der Waals surface area contributed by atoms with Gasteiger partial charge < -0.3 is 19.9 Å². The van der Waals surface area contributed by atoms with Crippen molar-refractivity contribution in [3.63, 3.8) is 0 Å². The molecular formula is C18H23N5O4. The van der Waals surface area contributed by atoms with E-state index in [1.165, 1.54) is 0 Å². The first-order valence-corrected chi connectivity index (χ1v) is 8.92. The lowest BCUT2D eigenvalue weighted by Gasteiger charge is -2.26. The lowest BCUT2D eigenvalue weighted by molar-refractivity contribution is -0.120. The van der Waals surface area contributed by atoms with Gasteiger partial charge in [0, 0.05) is 32.7 Å².